The highest BCUT2D eigenvalue weighted by Gasteiger charge is 2.77. The Balaban J connectivity index is 1.46. The van der Waals surface area contributed by atoms with Crippen molar-refractivity contribution in [3.8, 4) is 0 Å². The van der Waals surface area contributed by atoms with Gasteiger partial charge in [0.2, 0.25) is 5.91 Å². The molecule has 322 valence electrons. The highest BCUT2D eigenvalue weighted by Crippen LogP contribution is 2.64. The fourth-order valence-electron chi connectivity index (χ4n) is 9.88. The van der Waals surface area contributed by atoms with Gasteiger partial charge in [-0.3, -0.25) is 14.4 Å². The maximum absolute atomic E-state index is 15.0. The quantitative estimate of drug-likeness (QED) is 0.118. The van der Waals surface area contributed by atoms with Crippen LogP contribution in [0.25, 0.3) is 0 Å². The summed E-state index contributed by atoms with van der Waals surface area (Å²) in [4.78, 5) is 54.0. The van der Waals surface area contributed by atoms with Gasteiger partial charge in [-0.2, -0.15) is 0 Å². The number of aliphatic hydroxyl groups excluding tert-OH is 3. The summed E-state index contributed by atoms with van der Waals surface area (Å²) in [5.74, 6) is -4.72. The summed E-state index contributed by atoms with van der Waals surface area (Å²) in [5.41, 5.74) is -5.71. The number of ether oxygens (including phenoxy) is 5. The highest BCUT2D eigenvalue weighted by molar-refractivity contribution is 6.35. The Kier molecular flexibility index (Phi) is 12.4. The Morgan fingerprint density at radius 2 is 1.66 bits per heavy atom. The molecule has 2 aromatic rings. The molecule has 14 nitrogen and oxygen atoms in total. The Bertz CT molecular complexity index is 1960. The highest BCUT2D eigenvalue weighted by atomic mass is 35.5. The minimum absolute atomic E-state index is 0.0385. The van der Waals surface area contributed by atoms with Crippen LogP contribution in [0.1, 0.15) is 78.5 Å². The van der Waals surface area contributed by atoms with Crippen LogP contribution in [-0.2, 0) is 49.5 Å². The Morgan fingerprint density at radius 3 is 2.22 bits per heavy atom. The first-order chi connectivity index (χ1) is 27.6. The molecule has 13 atom stereocenters. The summed E-state index contributed by atoms with van der Waals surface area (Å²) < 4.78 is 30.1. The van der Waals surface area contributed by atoms with Gasteiger partial charge in [-0.25, -0.2) is 4.79 Å². The molecule has 0 spiro atoms. The molecule has 0 radical (unpaired) electrons. The van der Waals surface area contributed by atoms with Crippen molar-refractivity contribution in [3.63, 3.8) is 0 Å². The summed E-state index contributed by atoms with van der Waals surface area (Å²) in [6.07, 6.45) is -10.3. The number of esters is 2. The van der Waals surface area contributed by atoms with Gasteiger partial charge in [-0.05, 0) is 50.0 Å². The number of ketones is 1. The zero-order chi connectivity index (χ0) is 43.5. The third kappa shape index (κ3) is 7.33. The van der Waals surface area contributed by atoms with E-state index < -0.39 is 105 Å². The predicted octanol–water partition coefficient (Wildman–Crippen LogP) is 3.24. The molecule has 2 saturated carbocycles. The van der Waals surface area contributed by atoms with Crippen LogP contribution in [0.3, 0.4) is 0 Å². The van der Waals surface area contributed by atoms with E-state index >= 15 is 0 Å². The van der Waals surface area contributed by atoms with Crippen LogP contribution < -0.4 is 5.32 Å². The summed E-state index contributed by atoms with van der Waals surface area (Å²) in [6.45, 7) is 10.3. The number of benzene rings is 2. The largest absolute Gasteiger partial charge is 0.456 e. The molecule has 59 heavy (non-hydrogen) atoms. The van der Waals surface area contributed by atoms with Crippen molar-refractivity contribution < 1.29 is 63.3 Å². The summed E-state index contributed by atoms with van der Waals surface area (Å²) in [7, 11) is 1.39. The summed E-state index contributed by atoms with van der Waals surface area (Å²) in [5, 5.41) is 52.0. The topological polar surface area (TPSA) is 207 Å². The van der Waals surface area contributed by atoms with Crippen LogP contribution in [0.15, 0.2) is 71.8 Å². The number of rotatable bonds is 12. The maximum Gasteiger partial charge on any atom is 0.338 e. The van der Waals surface area contributed by atoms with Crippen LogP contribution in [-0.4, -0.2) is 117 Å². The Hall–Kier alpha value is -3.73. The van der Waals surface area contributed by atoms with E-state index in [4.69, 9.17) is 35.3 Å². The van der Waals surface area contributed by atoms with Gasteiger partial charge >= 0.3 is 11.9 Å². The molecule has 1 unspecified atom stereocenters. The van der Waals surface area contributed by atoms with E-state index in [0.29, 0.717) is 11.1 Å². The number of carbonyl (C=O) groups is 4. The minimum Gasteiger partial charge on any atom is -0.456 e. The number of hydrogen-bond acceptors (Lipinski definition) is 13. The fraction of sp³-hybridized carbons (Fsp3) is 0.591. The van der Waals surface area contributed by atoms with Crippen molar-refractivity contribution in [1.29, 1.82) is 0 Å². The van der Waals surface area contributed by atoms with Crippen LogP contribution in [0.5, 0.6) is 0 Å². The molecule has 5 N–H and O–H groups in total. The van der Waals surface area contributed by atoms with Gasteiger partial charge in [0.1, 0.15) is 28.8 Å². The lowest BCUT2D eigenvalue weighted by Gasteiger charge is -2.67. The van der Waals surface area contributed by atoms with E-state index in [1.54, 1.807) is 58.0 Å². The number of alkyl halides is 1. The zero-order valence-electron chi connectivity index (χ0n) is 34.6. The van der Waals surface area contributed by atoms with Crippen molar-refractivity contribution in [1.82, 2.24) is 5.32 Å². The maximum atomic E-state index is 15.0. The van der Waals surface area contributed by atoms with Crippen molar-refractivity contribution in [2.75, 3.05) is 13.7 Å². The lowest BCUT2D eigenvalue weighted by atomic mass is 9.44. The van der Waals surface area contributed by atoms with Gasteiger partial charge < -0.3 is 49.4 Å². The van der Waals surface area contributed by atoms with Gasteiger partial charge in [-0.1, -0.05) is 74.5 Å². The number of hydrogen-bond donors (Lipinski definition) is 5. The van der Waals surface area contributed by atoms with Crippen molar-refractivity contribution in [3.05, 3.63) is 82.9 Å². The predicted molar refractivity (Wildman–Crippen MR) is 212 cm³/mol. The summed E-state index contributed by atoms with van der Waals surface area (Å²) >= 11 is 6.60. The monoisotopic (exact) mass is 841 g/mol. The number of fused-ring (bicyclic) bond motifs is 5. The molecule has 1 aliphatic heterocycles. The number of carbonyl (C=O) groups excluding carboxylic acids is 4. The van der Waals surface area contributed by atoms with Gasteiger partial charge in [-0.15, -0.1) is 11.6 Å². The third-order valence-corrected chi connectivity index (χ3v) is 14.3. The second kappa shape index (κ2) is 16.3. The number of methoxy groups -OCH3 is 1. The lowest BCUT2D eigenvalue weighted by Crippen LogP contribution is -2.81. The minimum atomic E-state index is -2.13. The molecule has 1 amide bonds. The number of Topliss-reactive ketones (excluding diaryl/α,β-unsaturated/α-hetero) is 1. The lowest BCUT2D eigenvalue weighted by molar-refractivity contribution is -0.351. The van der Waals surface area contributed by atoms with E-state index in [9.17, 15) is 39.6 Å². The van der Waals surface area contributed by atoms with Crippen LogP contribution in [0.4, 0.5) is 0 Å². The molecule has 2 aromatic carbocycles. The molecule has 1 heterocycles. The van der Waals surface area contributed by atoms with E-state index in [1.165, 1.54) is 27.9 Å². The summed E-state index contributed by atoms with van der Waals surface area (Å²) in [6, 6.07) is 16.0. The second-order valence-electron chi connectivity index (χ2n) is 17.4. The molecule has 15 heteroatoms. The second-order valence-corrected chi connectivity index (χ2v) is 18.2. The van der Waals surface area contributed by atoms with E-state index in [2.05, 4.69) is 5.32 Å². The van der Waals surface area contributed by atoms with Crippen molar-refractivity contribution in [2.45, 2.75) is 133 Å². The third-order valence-electron chi connectivity index (χ3n) is 13.8. The number of halogens is 1. The van der Waals surface area contributed by atoms with E-state index in [1.807, 2.05) is 30.3 Å². The zero-order valence-corrected chi connectivity index (χ0v) is 35.4. The van der Waals surface area contributed by atoms with Crippen molar-refractivity contribution >= 4 is 35.2 Å². The van der Waals surface area contributed by atoms with Gasteiger partial charge in [0.25, 0.3) is 0 Å². The van der Waals surface area contributed by atoms with E-state index in [-0.39, 0.29) is 37.2 Å². The number of aliphatic hydroxyl groups is 4. The first-order valence-electron chi connectivity index (χ1n) is 19.9. The van der Waals surface area contributed by atoms with Crippen LogP contribution in [0, 0.1) is 16.7 Å². The van der Waals surface area contributed by atoms with Crippen LogP contribution in [0.2, 0.25) is 0 Å². The standard InChI is InChI=1S/C44H56ClNO13/c1-23-28(58-38(52)34(50)32(27-17-13-10-14-18-27)46-39(53)42(7,45)24(2)55-8)20-44(54)37(56-21-26-15-11-9-12-16-26)35-41(6,36(51)33(49)31(23)40(44,4)5)29(48)19-30-43(35,22-57-30)59-25(3)47/h9-18,24,28-30,32-35,37,48-50,54H,19-22H2,1-8H3,(H,46,53)/t24-,28+,29+,30?,32+,33-,34-,35+,37+,41-,42-,43+,44-/m1/s1. The van der Waals surface area contributed by atoms with Crippen LogP contribution >= 0.6 is 11.6 Å². The molecular formula is C44H56ClNO13. The fourth-order valence-corrected chi connectivity index (χ4v) is 10.0. The van der Waals surface area contributed by atoms with Gasteiger partial charge in [0.05, 0.1) is 43.0 Å². The van der Waals surface area contributed by atoms with Crippen molar-refractivity contribution in [2.24, 2.45) is 16.7 Å². The van der Waals surface area contributed by atoms with Gasteiger partial charge in [0, 0.05) is 38.2 Å². The normalized spacial score (nSPS) is 34.9. The molecule has 3 aliphatic carbocycles. The van der Waals surface area contributed by atoms with E-state index in [0.717, 1.165) is 0 Å². The average molecular weight is 842 g/mol. The molecular weight excluding hydrogens is 786 g/mol. The SMILES string of the molecule is CO[C@H](C)[C@@](C)(Cl)C(=O)N[C@@H](c1ccccc1)[C@@H](O)C(=O)O[C@H]1C[C@@]2(O)[C@@H](OCc3ccccc3)[C@H]3[C@](C)(C(=O)[C@H](O)C(=C1C)C2(C)C)[C@@H](O)CC1OC[C@]13OC(C)=O. The first kappa shape index (κ1) is 44.8. The molecule has 4 aliphatic rings. The molecule has 2 bridgehead atoms. The Morgan fingerprint density at radius 1 is 1.05 bits per heavy atom. The molecule has 3 fully saturated rings. The Labute approximate surface area is 349 Å². The molecule has 6 rings (SSSR count). The number of nitrogens with one attached hydrogen (secondary N) is 1. The smallest absolute Gasteiger partial charge is 0.338 e. The number of amides is 1. The average Bonchev–Trinajstić information content (AvgIpc) is 3.19. The first-order valence-corrected chi connectivity index (χ1v) is 20.2. The molecule has 1 saturated heterocycles. The molecule has 0 aromatic heterocycles. The van der Waals surface area contributed by atoms with Gasteiger partial charge in [0.15, 0.2) is 17.5 Å².